The second-order valence-corrected chi connectivity index (χ2v) is 8.79. The first-order chi connectivity index (χ1) is 15.0. The predicted molar refractivity (Wildman–Crippen MR) is 122 cm³/mol. The van der Waals surface area contributed by atoms with E-state index >= 15 is 0 Å². The van der Waals surface area contributed by atoms with Gasteiger partial charge in [-0.25, -0.2) is 14.4 Å². The summed E-state index contributed by atoms with van der Waals surface area (Å²) in [5.74, 6) is 0.247. The quantitative estimate of drug-likeness (QED) is 0.480. The zero-order valence-electron chi connectivity index (χ0n) is 17.3. The van der Waals surface area contributed by atoms with Crippen molar-refractivity contribution in [2.75, 3.05) is 16.8 Å². The molecule has 0 fully saturated rings. The number of carbonyl (C=O) groups excluding carboxylic acids is 1. The van der Waals surface area contributed by atoms with Crippen LogP contribution in [-0.2, 0) is 13.0 Å². The van der Waals surface area contributed by atoms with Crippen molar-refractivity contribution in [3.05, 3.63) is 81.7 Å². The maximum absolute atomic E-state index is 13.9. The fourth-order valence-corrected chi connectivity index (χ4v) is 5.08. The largest absolute Gasteiger partial charge is 0.351 e. The first-order valence-corrected chi connectivity index (χ1v) is 11.0. The van der Waals surface area contributed by atoms with Crippen molar-refractivity contribution in [2.45, 2.75) is 26.8 Å². The van der Waals surface area contributed by atoms with Crippen LogP contribution in [-0.4, -0.2) is 22.4 Å². The van der Waals surface area contributed by atoms with E-state index in [0.29, 0.717) is 16.1 Å². The molecule has 5 nitrogen and oxygen atoms in total. The van der Waals surface area contributed by atoms with Gasteiger partial charge in [-0.3, -0.25) is 4.79 Å². The van der Waals surface area contributed by atoms with Gasteiger partial charge in [-0.15, -0.1) is 11.3 Å². The summed E-state index contributed by atoms with van der Waals surface area (Å²) in [4.78, 5) is 25.6. The summed E-state index contributed by atoms with van der Waals surface area (Å²) in [6.45, 7) is 5.26. The van der Waals surface area contributed by atoms with Gasteiger partial charge in [0.1, 0.15) is 22.8 Å². The van der Waals surface area contributed by atoms with E-state index in [-0.39, 0.29) is 11.7 Å². The molecule has 0 radical (unpaired) electrons. The Bertz CT molecular complexity index is 1320. The van der Waals surface area contributed by atoms with Crippen LogP contribution in [0.2, 0.25) is 0 Å². The van der Waals surface area contributed by atoms with E-state index in [1.54, 1.807) is 25.4 Å². The molecule has 5 rings (SSSR count). The average molecular weight is 433 g/mol. The van der Waals surface area contributed by atoms with Gasteiger partial charge in [0.15, 0.2) is 0 Å². The molecule has 1 amide bonds. The fourth-order valence-electron chi connectivity index (χ4n) is 4.04. The number of carbonyl (C=O) groups is 1. The lowest BCUT2D eigenvalue weighted by Crippen LogP contribution is -2.31. The summed E-state index contributed by atoms with van der Waals surface area (Å²) in [6.07, 6.45) is 2.52. The number of hydrogen-bond donors (Lipinski definition) is 1. The summed E-state index contributed by atoms with van der Waals surface area (Å²) in [6, 6.07) is 13.2. The Morgan fingerprint density at radius 2 is 1.94 bits per heavy atom. The van der Waals surface area contributed by atoms with E-state index in [1.165, 1.54) is 28.5 Å². The number of hydrogen-bond acceptors (Lipinski definition) is 5. The molecule has 0 spiro atoms. The van der Waals surface area contributed by atoms with Crippen molar-refractivity contribution >= 4 is 39.0 Å². The van der Waals surface area contributed by atoms with Crippen molar-refractivity contribution in [1.29, 1.82) is 0 Å². The third-order valence-corrected chi connectivity index (χ3v) is 6.97. The number of aryl methyl sites for hydroxylation is 2. The third-order valence-electron chi connectivity index (χ3n) is 5.77. The number of benzene rings is 2. The van der Waals surface area contributed by atoms with Crippen LogP contribution in [0.4, 0.5) is 15.9 Å². The Morgan fingerprint density at radius 1 is 1.13 bits per heavy atom. The zero-order valence-corrected chi connectivity index (χ0v) is 18.1. The lowest BCUT2D eigenvalue weighted by atomic mass is 9.99. The van der Waals surface area contributed by atoms with Crippen LogP contribution in [0, 0.1) is 19.7 Å². The van der Waals surface area contributed by atoms with Gasteiger partial charge in [-0.05, 0) is 54.7 Å². The molecule has 2 aromatic heterocycles. The normalized spacial score (nSPS) is 13.3. The Morgan fingerprint density at radius 3 is 2.74 bits per heavy atom. The minimum Gasteiger partial charge on any atom is -0.351 e. The molecule has 3 heterocycles. The molecule has 4 aromatic rings. The molecular weight excluding hydrogens is 411 g/mol. The molecule has 1 aliphatic heterocycles. The van der Waals surface area contributed by atoms with E-state index in [0.717, 1.165) is 41.1 Å². The van der Waals surface area contributed by atoms with E-state index < -0.39 is 0 Å². The Labute approximate surface area is 183 Å². The van der Waals surface area contributed by atoms with Crippen LogP contribution >= 0.6 is 11.3 Å². The highest BCUT2D eigenvalue weighted by atomic mass is 32.1. The maximum Gasteiger partial charge on any atom is 0.266 e. The lowest BCUT2D eigenvalue weighted by Gasteiger charge is -2.30. The van der Waals surface area contributed by atoms with Gasteiger partial charge >= 0.3 is 0 Å². The fraction of sp³-hybridized carbons (Fsp3) is 0.208. The van der Waals surface area contributed by atoms with E-state index in [4.69, 9.17) is 0 Å². The highest BCUT2D eigenvalue weighted by molar-refractivity contribution is 7.20. The number of fused-ring (bicyclic) bond motifs is 2. The lowest BCUT2D eigenvalue weighted by molar-refractivity contribution is 0.103. The topological polar surface area (TPSA) is 58.1 Å². The van der Waals surface area contributed by atoms with Gasteiger partial charge < -0.3 is 10.2 Å². The first-order valence-electron chi connectivity index (χ1n) is 10.1. The second kappa shape index (κ2) is 7.74. The Kier molecular flexibility index (Phi) is 4.90. The number of amides is 1. The highest BCUT2D eigenvalue weighted by Gasteiger charge is 2.24. The van der Waals surface area contributed by atoms with Crippen LogP contribution < -0.4 is 10.2 Å². The van der Waals surface area contributed by atoms with Gasteiger partial charge in [-0.2, -0.15) is 0 Å². The number of thiophene rings is 1. The molecule has 1 aliphatic rings. The number of halogens is 1. The SMILES string of the molecule is Cc1ccc(NC(=O)c2sc3ncnc(N4CCc5ccccc5C4)c3c2C)cc1F. The summed E-state index contributed by atoms with van der Waals surface area (Å²) in [5.41, 5.74) is 4.49. The van der Waals surface area contributed by atoms with Crippen LogP contribution in [0.3, 0.4) is 0 Å². The van der Waals surface area contributed by atoms with E-state index in [1.807, 2.05) is 6.92 Å². The maximum atomic E-state index is 13.9. The van der Waals surface area contributed by atoms with Gasteiger partial charge in [0, 0.05) is 18.8 Å². The number of nitrogens with one attached hydrogen (secondary N) is 1. The van der Waals surface area contributed by atoms with Gasteiger partial charge in [0.25, 0.3) is 5.91 Å². The van der Waals surface area contributed by atoms with Gasteiger partial charge in [0.2, 0.25) is 0 Å². The molecule has 0 saturated heterocycles. The summed E-state index contributed by atoms with van der Waals surface area (Å²) >= 11 is 1.34. The molecule has 7 heteroatoms. The van der Waals surface area contributed by atoms with Gasteiger partial charge in [0.05, 0.1) is 10.3 Å². The second-order valence-electron chi connectivity index (χ2n) is 7.79. The van der Waals surface area contributed by atoms with Crippen LogP contribution in [0.15, 0.2) is 48.8 Å². The Balaban J connectivity index is 1.49. The molecular formula is C24H21FN4OS. The minimum atomic E-state index is -0.343. The number of anilines is 2. The molecule has 0 atom stereocenters. The van der Waals surface area contributed by atoms with Crippen molar-refractivity contribution in [3.8, 4) is 0 Å². The number of aromatic nitrogens is 2. The number of rotatable bonds is 3. The predicted octanol–water partition coefficient (Wildman–Crippen LogP) is 5.26. The van der Waals surface area contributed by atoms with Crippen molar-refractivity contribution in [1.82, 2.24) is 9.97 Å². The van der Waals surface area contributed by atoms with Crippen LogP contribution in [0.25, 0.3) is 10.2 Å². The zero-order chi connectivity index (χ0) is 21.5. The molecule has 156 valence electrons. The van der Waals surface area contributed by atoms with Crippen molar-refractivity contribution < 1.29 is 9.18 Å². The Hall–Kier alpha value is -3.32. The average Bonchev–Trinajstić information content (AvgIpc) is 3.13. The molecule has 1 N–H and O–H groups in total. The van der Waals surface area contributed by atoms with Crippen molar-refractivity contribution in [2.24, 2.45) is 0 Å². The summed E-state index contributed by atoms with van der Waals surface area (Å²) in [5, 5.41) is 3.72. The third kappa shape index (κ3) is 3.55. The summed E-state index contributed by atoms with van der Waals surface area (Å²) in [7, 11) is 0. The standard InChI is InChI=1S/C24H21FN4OS/c1-14-7-8-18(11-19(14)25)28-23(30)21-15(2)20-22(26-13-27-24(20)31-21)29-10-9-16-5-3-4-6-17(16)12-29/h3-8,11,13H,9-10,12H2,1-2H3,(H,28,30). The minimum absolute atomic E-state index is 0.265. The smallest absolute Gasteiger partial charge is 0.266 e. The molecule has 2 aromatic carbocycles. The van der Waals surface area contributed by atoms with E-state index in [2.05, 4.69) is 44.5 Å². The van der Waals surface area contributed by atoms with Crippen LogP contribution in [0.5, 0.6) is 0 Å². The highest BCUT2D eigenvalue weighted by Crippen LogP contribution is 2.36. The van der Waals surface area contributed by atoms with Crippen molar-refractivity contribution in [3.63, 3.8) is 0 Å². The molecule has 0 saturated carbocycles. The molecule has 0 aliphatic carbocycles. The van der Waals surface area contributed by atoms with E-state index in [9.17, 15) is 9.18 Å². The summed E-state index contributed by atoms with van der Waals surface area (Å²) < 4.78 is 13.9. The molecule has 31 heavy (non-hydrogen) atoms. The molecule has 0 bridgehead atoms. The van der Waals surface area contributed by atoms with Gasteiger partial charge in [-0.1, -0.05) is 30.3 Å². The first kappa shape index (κ1) is 19.6. The molecule has 0 unspecified atom stereocenters. The number of nitrogens with zero attached hydrogens (tertiary/aromatic N) is 3. The van der Waals surface area contributed by atoms with Crippen LogP contribution in [0.1, 0.15) is 31.9 Å². The monoisotopic (exact) mass is 432 g/mol.